The van der Waals surface area contributed by atoms with Crippen LogP contribution in [0.1, 0.15) is 43.7 Å². The smallest absolute Gasteiger partial charge is 0.338 e. The molecule has 0 unspecified atom stereocenters. The number of esters is 1. The molecule has 2 aromatic carbocycles. The topological polar surface area (TPSA) is 85.2 Å². The number of anilines is 2. The first-order valence-electron chi connectivity index (χ1n) is 10.00. The van der Waals surface area contributed by atoms with Gasteiger partial charge in [-0.05, 0) is 43.3 Å². The van der Waals surface area contributed by atoms with E-state index in [9.17, 15) is 9.59 Å². The van der Waals surface area contributed by atoms with Crippen LogP contribution in [0.4, 0.5) is 16.3 Å². The number of rotatable bonds is 5. The van der Waals surface area contributed by atoms with Crippen molar-refractivity contribution in [2.75, 3.05) is 17.2 Å². The molecule has 0 aliphatic heterocycles. The molecular weight excluding hydrogens is 451 g/mol. The first-order chi connectivity index (χ1) is 15.1. The Balaban J connectivity index is 1.90. The van der Waals surface area contributed by atoms with Crippen molar-refractivity contribution in [1.29, 1.82) is 0 Å². The number of urea groups is 1. The van der Waals surface area contributed by atoms with Gasteiger partial charge in [-0.1, -0.05) is 50.0 Å². The van der Waals surface area contributed by atoms with E-state index in [4.69, 9.17) is 27.9 Å². The molecule has 3 aromatic rings. The Morgan fingerprint density at radius 3 is 2.38 bits per heavy atom. The Morgan fingerprint density at radius 1 is 1.06 bits per heavy atom. The minimum Gasteiger partial charge on any atom is -0.462 e. The van der Waals surface area contributed by atoms with Crippen molar-refractivity contribution < 1.29 is 14.3 Å². The van der Waals surface area contributed by atoms with Gasteiger partial charge in [0.1, 0.15) is 5.82 Å². The predicted molar refractivity (Wildman–Crippen MR) is 127 cm³/mol. The summed E-state index contributed by atoms with van der Waals surface area (Å²) >= 11 is 12.2. The standard InChI is InChI=1S/C23H24Cl2N4O3/c1-5-32-21(30)14-9-11-15(12-10-14)29-19(13-18(28-29)23(2,3)4)27-22(31)26-17-8-6-7-16(24)20(17)25/h6-13H,5H2,1-4H3,(H2,26,27,31). The monoisotopic (exact) mass is 474 g/mol. The fraction of sp³-hybridized carbons (Fsp3) is 0.261. The molecule has 2 N–H and O–H groups in total. The van der Waals surface area contributed by atoms with Crippen LogP contribution in [-0.4, -0.2) is 28.4 Å². The van der Waals surface area contributed by atoms with Crippen molar-refractivity contribution >= 4 is 46.7 Å². The minimum absolute atomic E-state index is 0.251. The third-order valence-corrected chi connectivity index (χ3v) is 5.36. The van der Waals surface area contributed by atoms with Gasteiger partial charge < -0.3 is 10.1 Å². The zero-order chi connectivity index (χ0) is 23.5. The number of amides is 2. The average Bonchev–Trinajstić information content (AvgIpc) is 3.16. The van der Waals surface area contributed by atoms with Crippen LogP contribution in [0, 0.1) is 0 Å². The Hall–Kier alpha value is -3.03. The molecule has 0 spiro atoms. The maximum atomic E-state index is 12.7. The second kappa shape index (κ2) is 9.63. The fourth-order valence-corrected chi connectivity index (χ4v) is 3.20. The Labute approximate surface area is 196 Å². The molecule has 0 fully saturated rings. The maximum Gasteiger partial charge on any atom is 0.338 e. The summed E-state index contributed by atoms with van der Waals surface area (Å²) < 4.78 is 6.63. The van der Waals surface area contributed by atoms with Crippen LogP contribution < -0.4 is 10.6 Å². The number of nitrogens with one attached hydrogen (secondary N) is 2. The lowest BCUT2D eigenvalue weighted by molar-refractivity contribution is 0.0526. The molecule has 0 radical (unpaired) electrons. The van der Waals surface area contributed by atoms with Crippen LogP contribution in [0.2, 0.25) is 10.0 Å². The quantitative estimate of drug-likeness (QED) is 0.425. The normalized spacial score (nSPS) is 11.2. The molecular formula is C23H24Cl2N4O3. The minimum atomic E-state index is -0.501. The van der Waals surface area contributed by atoms with Crippen molar-refractivity contribution in [2.24, 2.45) is 0 Å². The van der Waals surface area contributed by atoms with Gasteiger partial charge in [0.2, 0.25) is 0 Å². The molecule has 0 saturated heterocycles. The van der Waals surface area contributed by atoms with E-state index in [2.05, 4.69) is 15.7 Å². The summed E-state index contributed by atoms with van der Waals surface area (Å²) in [4.78, 5) is 24.6. The van der Waals surface area contributed by atoms with Crippen LogP contribution in [-0.2, 0) is 10.2 Å². The fourth-order valence-electron chi connectivity index (χ4n) is 2.86. The summed E-state index contributed by atoms with van der Waals surface area (Å²) in [5.74, 6) is 0.0560. The first-order valence-corrected chi connectivity index (χ1v) is 10.8. The summed E-state index contributed by atoms with van der Waals surface area (Å²) in [7, 11) is 0. The van der Waals surface area contributed by atoms with Gasteiger partial charge in [0, 0.05) is 11.5 Å². The van der Waals surface area contributed by atoms with E-state index in [-0.39, 0.29) is 10.4 Å². The van der Waals surface area contributed by atoms with E-state index in [1.165, 1.54) is 0 Å². The largest absolute Gasteiger partial charge is 0.462 e. The lowest BCUT2D eigenvalue weighted by Gasteiger charge is -2.14. The molecule has 0 atom stereocenters. The zero-order valence-corrected chi connectivity index (χ0v) is 19.7. The zero-order valence-electron chi connectivity index (χ0n) is 18.2. The Kier molecular flexibility index (Phi) is 7.11. The summed E-state index contributed by atoms with van der Waals surface area (Å²) in [6.45, 7) is 8.13. The highest BCUT2D eigenvalue weighted by Crippen LogP contribution is 2.30. The third kappa shape index (κ3) is 5.41. The summed E-state index contributed by atoms with van der Waals surface area (Å²) in [6.07, 6.45) is 0. The molecule has 32 heavy (non-hydrogen) atoms. The number of carbonyl (C=O) groups is 2. The number of hydrogen-bond acceptors (Lipinski definition) is 4. The molecule has 1 heterocycles. The van der Waals surface area contributed by atoms with Gasteiger partial charge in [-0.15, -0.1) is 0 Å². The highest BCUT2D eigenvalue weighted by molar-refractivity contribution is 6.44. The number of hydrogen-bond donors (Lipinski definition) is 2. The van der Waals surface area contributed by atoms with Crippen molar-refractivity contribution in [3.8, 4) is 5.69 Å². The van der Waals surface area contributed by atoms with Crippen molar-refractivity contribution in [3.05, 3.63) is 69.8 Å². The molecule has 0 saturated carbocycles. The molecule has 0 aliphatic rings. The van der Waals surface area contributed by atoms with Crippen LogP contribution in [0.3, 0.4) is 0 Å². The van der Waals surface area contributed by atoms with Gasteiger partial charge in [-0.25, -0.2) is 14.3 Å². The van der Waals surface area contributed by atoms with E-state index in [0.29, 0.717) is 34.4 Å². The number of ether oxygens (including phenoxy) is 1. The molecule has 0 bridgehead atoms. The average molecular weight is 475 g/mol. The second-order valence-electron chi connectivity index (χ2n) is 8.02. The van der Waals surface area contributed by atoms with Gasteiger partial charge in [-0.2, -0.15) is 5.10 Å². The van der Waals surface area contributed by atoms with Crippen molar-refractivity contribution in [2.45, 2.75) is 33.1 Å². The van der Waals surface area contributed by atoms with Crippen LogP contribution in [0.5, 0.6) is 0 Å². The molecule has 168 valence electrons. The van der Waals surface area contributed by atoms with E-state index >= 15 is 0 Å². The highest BCUT2D eigenvalue weighted by Gasteiger charge is 2.22. The molecule has 9 heteroatoms. The summed E-state index contributed by atoms with van der Waals surface area (Å²) in [6, 6.07) is 13.1. The number of aromatic nitrogens is 2. The van der Waals surface area contributed by atoms with Gasteiger partial charge in [0.15, 0.2) is 0 Å². The molecule has 1 aromatic heterocycles. The number of benzene rings is 2. The van der Waals surface area contributed by atoms with Gasteiger partial charge in [-0.3, -0.25) is 5.32 Å². The Bertz CT molecular complexity index is 1140. The van der Waals surface area contributed by atoms with E-state index < -0.39 is 12.0 Å². The number of halogens is 2. The first kappa shape index (κ1) is 23.6. The lowest BCUT2D eigenvalue weighted by atomic mass is 9.92. The Morgan fingerprint density at radius 2 is 1.75 bits per heavy atom. The number of nitrogens with zero attached hydrogens (tertiary/aromatic N) is 2. The predicted octanol–water partition coefficient (Wildman–Crippen LogP) is 6.30. The molecule has 2 amide bonds. The third-order valence-electron chi connectivity index (χ3n) is 4.54. The van der Waals surface area contributed by atoms with E-state index in [1.54, 1.807) is 60.1 Å². The van der Waals surface area contributed by atoms with E-state index in [0.717, 1.165) is 5.69 Å². The van der Waals surface area contributed by atoms with Gasteiger partial charge in [0.05, 0.1) is 39.3 Å². The molecule has 0 aliphatic carbocycles. The lowest BCUT2D eigenvalue weighted by Crippen LogP contribution is -2.21. The van der Waals surface area contributed by atoms with E-state index in [1.807, 2.05) is 20.8 Å². The number of carbonyl (C=O) groups excluding carboxylic acids is 2. The molecule has 7 nitrogen and oxygen atoms in total. The van der Waals surface area contributed by atoms with Crippen LogP contribution in [0.25, 0.3) is 5.69 Å². The van der Waals surface area contributed by atoms with Crippen molar-refractivity contribution in [1.82, 2.24) is 9.78 Å². The molecule has 3 rings (SSSR count). The SMILES string of the molecule is CCOC(=O)c1ccc(-n2nc(C(C)(C)C)cc2NC(=O)Nc2cccc(Cl)c2Cl)cc1. The maximum absolute atomic E-state index is 12.7. The summed E-state index contributed by atoms with van der Waals surface area (Å²) in [5, 5.41) is 10.8. The van der Waals surface area contributed by atoms with Gasteiger partial charge in [0.25, 0.3) is 0 Å². The summed E-state index contributed by atoms with van der Waals surface area (Å²) in [5.41, 5.74) is 2.02. The highest BCUT2D eigenvalue weighted by atomic mass is 35.5. The van der Waals surface area contributed by atoms with Crippen molar-refractivity contribution in [3.63, 3.8) is 0 Å². The second-order valence-corrected chi connectivity index (χ2v) is 8.81. The van der Waals surface area contributed by atoms with Gasteiger partial charge >= 0.3 is 12.0 Å². The van der Waals surface area contributed by atoms with Crippen LogP contribution in [0.15, 0.2) is 48.5 Å². The van der Waals surface area contributed by atoms with Crippen LogP contribution >= 0.6 is 23.2 Å².